The Morgan fingerprint density at radius 1 is 1.13 bits per heavy atom. The first-order valence-corrected chi connectivity index (χ1v) is 11.8. The number of benzene rings is 1. The third-order valence-corrected chi connectivity index (χ3v) is 7.99. The predicted molar refractivity (Wildman–Crippen MR) is 117 cm³/mol. The molecule has 168 valence electrons. The number of piperidine rings is 4. The molecule has 4 aliphatic heterocycles. The number of hydrogen-bond donors (Lipinski definition) is 1. The standard InChI is InChI=1S/C24H33FN4O2/c1-16-20(25)4-2-5-21(16)26-24(31)27-10-8-19(9-11-27)28-13-17-12-18(15-28)22-6-3-7-23(30)29(22)14-17/h2,4-5,17-19,22H,3,6-15H2,1H3,(H,26,31)/t17?,18?,22-/m1/s1. The van der Waals surface area contributed by atoms with E-state index in [-0.39, 0.29) is 11.8 Å². The lowest BCUT2D eigenvalue weighted by molar-refractivity contribution is -0.145. The van der Waals surface area contributed by atoms with Crippen molar-refractivity contribution in [3.05, 3.63) is 29.6 Å². The molecule has 1 aromatic rings. The van der Waals surface area contributed by atoms with Crippen LogP contribution in [0, 0.1) is 24.6 Å². The molecule has 1 aromatic carbocycles. The van der Waals surface area contributed by atoms with Crippen molar-refractivity contribution in [2.24, 2.45) is 11.8 Å². The number of amides is 3. The summed E-state index contributed by atoms with van der Waals surface area (Å²) in [6, 6.07) is 5.59. The van der Waals surface area contributed by atoms with Crippen molar-refractivity contribution in [3.8, 4) is 0 Å². The highest BCUT2D eigenvalue weighted by molar-refractivity contribution is 5.90. The summed E-state index contributed by atoms with van der Waals surface area (Å²) in [6.07, 6.45) is 6.15. The number of halogens is 1. The van der Waals surface area contributed by atoms with E-state index in [2.05, 4.69) is 15.1 Å². The van der Waals surface area contributed by atoms with Crippen molar-refractivity contribution in [3.63, 3.8) is 0 Å². The van der Waals surface area contributed by atoms with Crippen molar-refractivity contribution in [1.29, 1.82) is 0 Å². The summed E-state index contributed by atoms with van der Waals surface area (Å²) in [7, 11) is 0. The maximum atomic E-state index is 13.8. The first kappa shape index (κ1) is 20.7. The summed E-state index contributed by atoms with van der Waals surface area (Å²) in [5.41, 5.74) is 1.02. The molecule has 6 nitrogen and oxygen atoms in total. The summed E-state index contributed by atoms with van der Waals surface area (Å²) in [6.45, 7) is 6.24. The van der Waals surface area contributed by atoms with E-state index in [9.17, 15) is 14.0 Å². The molecule has 5 rings (SSSR count). The van der Waals surface area contributed by atoms with Crippen molar-refractivity contribution in [2.45, 2.75) is 57.5 Å². The van der Waals surface area contributed by atoms with Gasteiger partial charge in [-0.15, -0.1) is 0 Å². The van der Waals surface area contributed by atoms with Gasteiger partial charge in [-0.3, -0.25) is 9.69 Å². The van der Waals surface area contributed by atoms with Gasteiger partial charge in [-0.05, 0) is 63.0 Å². The van der Waals surface area contributed by atoms with Gasteiger partial charge in [-0.2, -0.15) is 0 Å². The Labute approximate surface area is 183 Å². The van der Waals surface area contributed by atoms with Crippen LogP contribution in [0.3, 0.4) is 0 Å². The van der Waals surface area contributed by atoms with E-state index in [0.29, 0.717) is 41.1 Å². The molecule has 1 N–H and O–H groups in total. The van der Waals surface area contributed by atoms with Gasteiger partial charge >= 0.3 is 6.03 Å². The molecule has 4 aliphatic rings. The topological polar surface area (TPSA) is 55.9 Å². The lowest BCUT2D eigenvalue weighted by atomic mass is 9.75. The maximum Gasteiger partial charge on any atom is 0.321 e. The van der Waals surface area contributed by atoms with E-state index in [4.69, 9.17) is 0 Å². The Kier molecular flexibility index (Phi) is 5.63. The van der Waals surface area contributed by atoms with E-state index >= 15 is 0 Å². The van der Waals surface area contributed by atoms with Crippen LogP contribution in [0.5, 0.6) is 0 Å². The zero-order valence-corrected chi connectivity index (χ0v) is 18.4. The number of likely N-dealkylation sites (tertiary alicyclic amines) is 2. The number of urea groups is 1. The zero-order valence-electron chi connectivity index (χ0n) is 18.4. The molecule has 4 heterocycles. The van der Waals surface area contributed by atoms with Gasteiger partial charge in [0.15, 0.2) is 0 Å². The number of anilines is 1. The minimum Gasteiger partial charge on any atom is -0.339 e. The van der Waals surface area contributed by atoms with Crippen molar-refractivity contribution >= 4 is 17.6 Å². The molecule has 2 bridgehead atoms. The van der Waals surface area contributed by atoms with E-state index in [0.717, 1.165) is 64.8 Å². The average molecular weight is 429 g/mol. The lowest BCUT2D eigenvalue weighted by Gasteiger charge is -2.54. The van der Waals surface area contributed by atoms with Crippen LogP contribution in [0.1, 0.15) is 44.1 Å². The molecule has 3 atom stereocenters. The first-order valence-electron chi connectivity index (χ1n) is 11.8. The van der Waals surface area contributed by atoms with Crippen LogP contribution >= 0.6 is 0 Å². The Morgan fingerprint density at radius 2 is 1.94 bits per heavy atom. The second-order valence-corrected chi connectivity index (χ2v) is 9.88. The SMILES string of the molecule is Cc1c(F)cccc1NC(=O)N1CCC(N2CC3CC(C2)[C@H]2CCCC(=O)N2C3)CC1. The van der Waals surface area contributed by atoms with Crippen LogP contribution in [-0.4, -0.2) is 71.4 Å². The zero-order chi connectivity index (χ0) is 21.5. The molecule has 2 unspecified atom stereocenters. The van der Waals surface area contributed by atoms with Crippen LogP contribution in [0.2, 0.25) is 0 Å². The van der Waals surface area contributed by atoms with Crippen LogP contribution in [0.25, 0.3) is 0 Å². The van der Waals surface area contributed by atoms with Crippen LogP contribution in [0.4, 0.5) is 14.9 Å². The molecular formula is C24H33FN4O2. The number of fused-ring (bicyclic) bond motifs is 4. The third-order valence-electron chi connectivity index (χ3n) is 7.99. The summed E-state index contributed by atoms with van der Waals surface area (Å²) in [5.74, 6) is 1.26. The first-order chi connectivity index (χ1) is 15.0. The second-order valence-electron chi connectivity index (χ2n) is 9.88. The Morgan fingerprint density at radius 3 is 2.74 bits per heavy atom. The molecule has 0 aromatic heterocycles. The molecular weight excluding hydrogens is 395 g/mol. The van der Waals surface area contributed by atoms with Gasteiger partial charge in [0.25, 0.3) is 0 Å². The molecule has 0 radical (unpaired) electrons. The number of hydrogen-bond acceptors (Lipinski definition) is 3. The molecule has 3 amide bonds. The van der Waals surface area contributed by atoms with Crippen LogP contribution in [0.15, 0.2) is 18.2 Å². The average Bonchev–Trinajstić information content (AvgIpc) is 2.78. The monoisotopic (exact) mass is 428 g/mol. The molecule has 4 fully saturated rings. The predicted octanol–water partition coefficient (Wildman–Crippen LogP) is 3.46. The Balaban J connectivity index is 1.16. The Hall–Kier alpha value is -2.15. The molecule has 0 aliphatic carbocycles. The van der Waals surface area contributed by atoms with Crippen LogP contribution in [-0.2, 0) is 4.79 Å². The fraction of sp³-hybridized carbons (Fsp3) is 0.667. The highest BCUT2D eigenvalue weighted by Gasteiger charge is 2.45. The maximum absolute atomic E-state index is 13.8. The van der Waals surface area contributed by atoms with E-state index in [1.807, 2.05) is 4.90 Å². The van der Waals surface area contributed by atoms with Crippen molar-refractivity contribution in [2.75, 3.05) is 38.0 Å². The highest BCUT2D eigenvalue weighted by Crippen LogP contribution is 2.39. The fourth-order valence-corrected chi connectivity index (χ4v) is 6.32. The number of nitrogens with one attached hydrogen (secondary N) is 1. The van der Waals surface area contributed by atoms with Gasteiger partial charge in [-0.25, -0.2) is 9.18 Å². The lowest BCUT2D eigenvalue weighted by Crippen LogP contribution is -2.62. The number of nitrogens with zero attached hydrogens (tertiary/aromatic N) is 3. The quantitative estimate of drug-likeness (QED) is 0.785. The van der Waals surface area contributed by atoms with Gasteiger partial charge in [-0.1, -0.05) is 6.07 Å². The summed E-state index contributed by atoms with van der Waals surface area (Å²) < 4.78 is 13.8. The number of carbonyl (C=O) groups is 2. The van der Waals surface area contributed by atoms with Crippen LogP contribution < -0.4 is 5.32 Å². The fourth-order valence-electron chi connectivity index (χ4n) is 6.32. The van der Waals surface area contributed by atoms with Gasteiger partial charge in [0.2, 0.25) is 5.91 Å². The van der Waals surface area contributed by atoms with Crippen molar-refractivity contribution in [1.82, 2.24) is 14.7 Å². The summed E-state index contributed by atoms with van der Waals surface area (Å²) in [4.78, 5) is 31.8. The molecule has 0 saturated carbocycles. The van der Waals surface area contributed by atoms with E-state index in [1.54, 1.807) is 19.1 Å². The Bertz CT molecular complexity index is 854. The number of carbonyl (C=O) groups excluding carboxylic acids is 2. The summed E-state index contributed by atoms with van der Waals surface area (Å²) in [5, 5.41) is 2.88. The highest BCUT2D eigenvalue weighted by atomic mass is 19.1. The van der Waals surface area contributed by atoms with Crippen molar-refractivity contribution < 1.29 is 14.0 Å². The van der Waals surface area contributed by atoms with Gasteiger partial charge in [0, 0.05) is 62.5 Å². The normalized spacial score (nSPS) is 29.6. The minimum absolute atomic E-state index is 0.140. The molecule has 0 spiro atoms. The van der Waals surface area contributed by atoms with E-state index in [1.165, 1.54) is 12.5 Å². The molecule has 31 heavy (non-hydrogen) atoms. The summed E-state index contributed by atoms with van der Waals surface area (Å²) >= 11 is 0. The van der Waals surface area contributed by atoms with Gasteiger partial charge in [0.05, 0.1) is 0 Å². The van der Waals surface area contributed by atoms with Gasteiger partial charge in [0.1, 0.15) is 5.82 Å². The van der Waals surface area contributed by atoms with Gasteiger partial charge < -0.3 is 15.1 Å². The van der Waals surface area contributed by atoms with E-state index < -0.39 is 0 Å². The smallest absolute Gasteiger partial charge is 0.321 e. The molecule has 7 heteroatoms. The third kappa shape index (κ3) is 4.04. The number of rotatable bonds is 2. The minimum atomic E-state index is -0.301. The second kappa shape index (κ2) is 8.41. The molecule has 4 saturated heterocycles. The largest absolute Gasteiger partial charge is 0.339 e.